The van der Waals surface area contributed by atoms with E-state index in [9.17, 15) is 0 Å². The third kappa shape index (κ3) is 4.59. The number of aryl methyl sites for hydroxylation is 1. The molecule has 1 aromatic carbocycles. The van der Waals surface area contributed by atoms with Crippen LogP contribution < -0.4 is 0 Å². The van der Waals surface area contributed by atoms with E-state index < -0.39 is 0 Å². The molecule has 1 saturated heterocycles. The van der Waals surface area contributed by atoms with Crippen LogP contribution in [0, 0.1) is 0 Å². The van der Waals surface area contributed by atoms with Gasteiger partial charge in [-0.05, 0) is 43.1 Å². The highest BCUT2D eigenvalue weighted by atomic mass is 79.9. The summed E-state index contributed by atoms with van der Waals surface area (Å²) in [4.78, 5) is 2.46. The Morgan fingerprint density at radius 1 is 1.24 bits per heavy atom. The Balaban J connectivity index is 1.77. The Kier molecular flexibility index (Phi) is 5.29. The molecule has 1 aromatic rings. The van der Waals surface area contributed by atoms with E-state index in [1.54, 1.807) is 0 Å². The van der Waals surface area contributed by atoms with Gasteiger partial charge < -0.3 is 4.74 Å². The van der Waals surface area contributed by atoms with Gasteiger partial charge in [0.05, 0.1) is 13.2 Å². The van der Waals surface area contributed by atoms with Crippen molar-refractivity contribution in [2.24, 2.45) is 0 Å². The Morgan fingerprint density at radius 3 is 2.71 bits per heavy atom. The molecule has 2 rings (SSSR count). The van der Waals surface area contributed by atoms with Gasteiger partial charge in [0.2, 0.25) is 0 Å². The second-order valence-corrected chi connectivity index (χ2v) is 5.69. The topological polar surface area (TPSA) is 12.5 Å². The summed E-state index contributed by atoms with van der Waals surface area (Å²) in [5.41, 5.74) is 1.30. The van der Waals surface area contributed by atoms with Crippen molar-refractivity contribution in [1.29, 1.82) is 0 Å². The molecule has 17 heavy (non-hydrogen) atoms. The number of hydrogen-bond acceptors (Lipinski definition) is 2. The van der Waals surface area contributed by atoms with Crippen LogP contribution in [0.2, 0.25) is 5.02 Å². The van der Waals surface area contributed by atoms with Crippen molar-refractivity contribution in [2.75, 3.05) is 32.8 Å². The van der Waals surface area contributed by atoms with Crippen LogP contribution in [-0.2, 0) is 11.2 Å². The average Bonchev–Trinajstić information content (AvgIpc) is 2.29. The van der Waals surface area contributed by atoms with Gasteiger partial charge in [-0.3, -0.25) is 4.90 Å². The maximum absolute atomic E-state index is 6.02. The Labute approximate surface area is 116 Å². The van der Waals surface area contributed by atoms with Crippen molar-refractivity contribution in [1.82, 2.24) is 4.90 Å². The molecule has 0 radical (unpaired) electrons. The van der Waals surface area contributed by atoms with Gasteiger partial charge in [-0.2, -0.15) is 0 Å². The number of morpholine rings is 1. The fourth-order valence-electron chi connectivity index (χ4n) is 2.09. The molecule has 4 heteroatoms. The molecular weight excluding hydrogens is 302 g/mol. The minimum Gasteiger partial charge on any atom is -0.379 e. The number of nitrogens with zero attached hydrogens (tertiary/aromatic N) is 1. The van der Waals surface area contributed by atoms with E-state index in [-0.39, 0.29) is 0 Å². The normalized spacial score (nSPS) is 17.3. The zero-order valence-corrected chi connectivity index (χ0v) is 12.1. The lowest BCUT2D eigenvalue weighted by Gasteiger charge is -2.26. The lowest BCUT2D eigenvalue weighted by Crippen LogP contribution is -2.36. The smallest absolute Gasteiger partial charge is 0.0594 e. The van der Waals surface area contributed by atoms with E-state index in [2.05, 4.69) is 26.9 Å². The maximum atomic E-state index is 6.02. The molecule has 1 heterocycles. The van der Waals surface area contributed by atoms with Crippen molar-refractivity contribution in [3.05, 3.63) is 33.3 Å². The SMILES string of the molecule is Clc1cc(Br)cc(CCCN2CCOCC2)c1. The summed E-state index contributed by atoms with van der Waals surface area (Å²) in [6, 6.07) is 6.11. The summed E-state index contributed by atoms with van der Waals surface area (Å²) in [7, 11) is 0. The van der Waals surface area contributed by atoms with Gasteiger partial charge in [0.1, 0.15) is 0 Å². The maximum Gasteiger partial charge on any atom is 0.0594 e. The van der Waals surface area contributed by atoms with Crippen LogP contribution in [0.1, 0.15) is 12.0 Å². The summed E-state index contributed by atoms with van der Waals surface area (Å²) in [5.74, 6) is 0. The minimum absolute atomic E-state index is 0.806. The van der Waals surface area contributed by atoms with E-state index in [4.69, 9.17) is 16.3 Å². The molecular formula is C13H17BrClNO. The van der Waals surface area contributed by atoms with E-state index in [0.717, 1.165) is 48.8 Å². The quantitative estimate of drug-likeness (QED) is 0.844. The molecule has 0 spiro atoms. The zero-order chi connectivity index (χ0) is 12.1. The molecule has 0 atom stereocenters. The van der Waals surface area contributed by atoms with Gasteiger partial charge in [-0.15, -0.1) is 0 Å². The van der Waals surface area contributed by atoms with Crippen LogP contribution in [-0.4, -0.2) is 37.7 Å². The van der Waals surface area contributed by atoms with Crippen LogP contribution in [0.5, 0.6) is 0 Å². The third-order valence-corrected chi connectivity index (χ3v) is 3.64. The van der Waals surface area contributed by atoms with Gasteiger partial charge in [0, 0.05) is 22.6 Å². The molecule has 0 unspecified atom stereocenters. The van der Waals surface area contributed by atoms with Crippen molar-refractivity contribution < 1.29 is 4.74 Å². The monoisotopic (exact) mass is 317 g/mol. The van der Waals surface area contributed by atoms with Crippen LogP contribution in [0.4, 0.5) is 0 Å². The van der Waals surface area contributed by atoms with Crippen LogP contribution in [0.3, 0.4) is 0 Å². The first-order chi connectivity index (χ1) is 8.24. The summed E-state index contributed by atoms with van der Waals surface area (Å²) in [6.07, 6.45) is 2.25. The number of ether oxygens (including phenoxy) is 1. The molecule has 1 aliphatic heterocycles. The Bertz CT molecular complexity index is 346. The Morgan fingerprint density at radius 2 is 2.00 bits per heavy atom. The fraction of sp³-hybridized carbons (Fsp3) is 0.538. The summed E-state index contributed by atoms with van der Waals surface area (Å²) < 4.78 is 6.39. The van der Waals surface area contributed by atoms with Gasteiger partial charge in [-0.25, -0.2) is 0 Å². The first-order valence-electron chi connectivity index (χ1n) is 5.99. The zero-order valence-electron chi connectivity index (χ0n) is 9.79. The molecule has 94 valence electrons. The summed E-state index contributed by atoms with van der Waals surface area (Å²) in [6.45, 7) is 5.04. The van der Waals surface area contributed by atoms with Crippen LogP contribution in [0.15, 0.2) is 22.7 Å². The lowest BCUT2D eigenvalue weighted by molar-refractivity contribution is 0.0375. The second-order valence-electron chi connectivity index (χ2n) is 4.34. The molecule has 1 aliphatic rings. The number of rotatable bonds is 4. The highest BCUT2D eigenvalue weighted by molar-refractivity contribution is 9.10. The summed E-state index contributed by atoms with van der Waals surface area (Å²) >= 11 is 9.49. The van der Waals surface area contributed by atoms with E-state index in [0.29, 0.717) is 0 Å². The standard InChI is InChI=1S/C13H17BrClNO/c14-12-8-11(9-13(15)10-12)2-1-3-16-4-6-17-7-5-16/h8-10H,1-7H2. The van der Waals surface area contributed by atoms with E-state index in [1.807, 2.05) is 12.1 Å². The highest BCUT2D eigenvalue weighted by Gasteiger charge is 2.09. The molecule has 0 bridgehead atoms. The minimum atomic E-state index is 0.806. The van der Waals surface area contributed by atoms with Crippen molar-refractivity contribution in [3.63, 3.8) is 0 Å². The van der Waals surface area contributed by atoms with E-state index in [1.165, 1.54) is 12.0 Å². The van der Waals surface area contributed by atoms with Crippen LogP contribution >= 0.6 is 27.5 Å². The molecule has 0 saturated carbocycles. The first kappa shape index (κ1) is 13.3. The average molecular weight is 319 g/mol. The largest absolute Gasteiger partial charge is 0.379 e. The fourth-order valence-corrected chi connectivity index (χ4v) is 3.02. The number of halogens is 2. The van der Waals surface area contributed by atoms with Gasteiger partial charge in [0.25, 0.3) is 0 Å². The predicted octanol–water partition coefficient (Wildman–Crippen LogP) is 3.37. The molecule has 0 aliphatic carbocycles. The molecule has 0 N–H and O–H groups in total. The lowest BCUT2D eigenvalue weighted by atomic mass is 10.1. The third-order valence-electron chi connectivity index (χ3n) is 2.97. The molecule has 0 aromatic heterocycles. The number of benzene rings is 1. The van der Waals surface area contributed by atoms with Gasteiger partial charge in [0.15, 0.2) is 0 Å². The molecule has 2 nitrogen and oxygen atoms in total. The summed E-state index contributed by atoms with van der Waals surface area (Å²) in [5, 5.41) is 0.806. The van der Waals surface area contributed by atoms with Crippen molar-refractivity contribution in [2.45, 2.75) is 12.8 Å². The first-order valence-corrected chi connectivity index (χ1v) is 7.16. The predicted molar refractivity (Wildman–Crippen MR) is 74.7 cm³/mol. The Hall–Kier alpha value is -0.0900. The second kappa shape index (κ2) is 6.74. The van der Waals surface area contributed by atoms with Gasteiger partial charge >= 0.3 is 0 Å². The van der Waals surface area contributed by atoms with Crippen molar-refractivity contribution >= 4 is 27.5 Å². The van der Waals surface area contributed by atoms with Crippen molar-refractivity contribution in [3.8, 4) is 0 Å². The highest BCUT2D eigenvalue weighted by Crippen LogP contribution is 2.20. The number of hydrogen-bond donors (Lipinski definition) is 0. The van der Waals surface area contributed by atoms with E-state index >= 15 is 0 Å². The molecule has 1 fully saturated rings. The van der Waals surface area contributed by atoms with Crippen LogP contribution in [0.25, 0.3) is 0 Å². The molecule has 0 amide bonds. The van der Waals surface area contributed by atoms with Gasteiger partial charge in [-0.1, -0.05) is 27.5 Å².